The summed E-state index contributed by atoms with van der Waals surface area (Å²) in [5.74, 6) is 2.32. The molecule has 1 aromatic rings. The van der Waals surface area contributed by atoms with Gasteiger partial charge in [0.2, 0.25) is 5.89 Å². The number of nitrogens with one attached hydrogen (secondary N) is 1. The molecule has 17 heavy (non-hydrogen) atoms. The second-order valence-electron chi connectivity index (χ2n) is 5.13. The van der Waals surface area contributed by atoms with Crippen molar-refractivity contribution in [2.24, 2.45) is 5.92 Å². The predicted molar refractivity (Wildman–Crippen MR) is 66.8 cm³/mol. The highest BCUT2D eigenvalue weighted by atomic mass is 16.5. The van der Waals surface area contributed by atoms with E-state index in [1.165, 1.54) is 32.1 Å². The van der Waals surface area contributed by atoms with E-state index in [1.54, 1.807) is 0 Å². The van der Waals surface area contributed by atoms with Crippen LogP contribution in [-0.4, -0.2) is 22.7 Å². The standard InChI is InChI=1S/C13H23N3O/c1-10(12-6-4-3-5-7-12)14-9-8-13-15-11(2)16-17-13/h10,12,14H,3-9H2,1-2H3. The maximum atomic E-state index is 5.09. The Morgan fingerprint density at radius 2 is 2.12 bits per heavy atom. The van der Waals surface area contributed by atoms with Crippen molar-refractivity contribution in [1.29, 1.82) is 0 Å². The first-order valence-corrected chi connectivity index (χ1v) is 6.78. The van der Waals surface area contributed by atoms with E-state index in [4.69, 9.17) is 4.52 Å². The number of hydrogen-bond donors (Lipinski definition) is 1. The van der Waals surface area contributed by atoms with Gasteiger partial charge in [-0.25, -0.2) is 0 Å². The smallest absolute Gasteiger partial charge is 0.227 e. The molecule has 1 heterocycles. The van der Waals surface area contributed by atoms with Crippen LogP contribution in [0.5, 0.6) is 0 Å². The normalized spacial score (nSPS) is 19.4. The fraction of sp³-hybridized carbons (Fsp3) is 0.846. The molecule has 0 bridgehead atoms. The molecule has 1 atom stereocenters. The zero-order chi connectivity index (χ0) is 12.1. The molecule has 0 aliphatic heterocycles. The van der Waals surface area contributed by atoms with Crippen molar-refractivity contribution in [2.45, 2.75) is 58.4 Å². The summed E-state index contributed by atoms with van der Waals surface area (Å²) in [6.45, 7) is 5.08. The van der Waals surface area contributed by atoms with E-state index in [9.17, 15) is 0 Å². The van der Waals surface area contributed by atoms with Crippen LogP contribution in [0.1, 0.15) is 50.7 Å². The van der Waals surface area contributed by atoms with Crippen molar-refractivity contribution in [3.05, 3.63) is 11.7 Å². The average molecular weight is 237 g/mol. The van der Waals surface area contributed by atoms with Gasteiger partial charge in [-0.3, -0.25) is 0 Å². The number of aryl methyl sites for hydroxylation is 1. The lowest BCUT2D eigenvalue weighted by molar-refractivity contribution is 0.279. The summed E-state index contributed by atoms with van der Waals surface area (Å²) < 4.78 is 5.09. The maximum absolute atomic E-state index is 5.09. The van der Waals surface area contributed by atoms with E-state index in [1.807, 2.05) is 6.92 Å². The van der Waals surface area contributed by atoms with Gasteiger partial charge in [0.1, 0.15) is 0 Å². The van der Waals surface area contributed by atoms with Crippen molar-refractivity contribution in [3.63, 3.8) is 0 Å². The topological polar surface area (TPSA) is 51.0 Å². The van der Waals surface area contributed by atoms with Gasteiger partial charge in [0.15, 0.2) is 5.82 Å². The van der Waals surface area contributed by atoms with E-state index in [2.05, 4.69) is 22.4 Å². The largest absolute Gasteiger partial charge is 0.339 e. The monoisotopic (exact) mass is 237 g/mol. The minimum absolute atomic E-state index is 0.610. The Morgan fingerprint density at radius 3 is 2.76 bits per heavy atom. The van der Waals surface area contributed by atoms with Gasteiger partial charge >= 0.3 is 0 Å². The van der Waals surface area contributed by atoms with Crippen molar-refractivity contribution in [1.82, 2.24) is 15.5 Å². The Kier molecular flexibility index (Phi) is 4.54. The first-order chi connectivity index (χ1) is 8.25. The van der Waals surface area contributed by atoms with E-state index in [0.29, 0.717) is 6.04 Å². The predicted octanol–water partition coefficient (Wildman–Crippen LogP) is 2.48. The Bertz CT molecular complexity index is 331. The van der Waals surface area contributed by atoms with Crippen molar-refractivity contribution in [3.8, 4) is 0 Å². The number of rotatable bonds is 5. The third-order valence-corrected chi connectivity index (χ3v) is 3.73. The van der Waals surface area contributed by atoms with Gasteiger partial charge in [-0.05, 0) is 32.6 Å². The third-order valence-electron chi connectivity index (χ3n) is 3.73. The average Bonchev–Trinajstić information content (AvgIpc) is 2.76. The van der Waals surface area contributed by atoms with Gasteiger partial charge in [-0.1, -0.05) is 24.4 Å². The van der Waals surface area contributed by atoms with Crippen molar-refractivity contribution >= 4 is 0 Å². The molecule has 0 radical (unpaired) electrons. The highest BCUT2D eigenvalue weighted by Crippen LogP contribution is 2.26. The Morgan fingerprint density at radius 1 is 1.35 bits per heavy atom. The Hall–Kier alpha value is -0.900. The lowest BCUT2D eigenvalue weighted by atomic mass is 9.84. The van der Waals surface area contributed by atoms with Crippen LogP contribution in [0.2, 0.25) is 0 Å². The van der Waals surface area contributed by atoms with E-state index >= 15 is 0 Å². The molecule has 0 amide bonds. The first-order valence-electron chi connectivity index (χ1n) is 6.78. The molecule has 1 aromatic heterocycles. The second-order valence-corrected chi connectivity index (χ2v) is 5.13. The summed E-state index contributed by atoms with van der Waals surface area (Å²) in [4.78, 5) is 4.20. The maximum Gasteiger partial charge on any atom is 0.227 e. The summed E-state index contributed by atoms with van der Waals surface area (Å²) >= 11 is 0. The zero-order valence-electron chi connectivity index (χ0n) is 10.9. The lowest BCUT2D eigenvalue weighted by Crippen LogP contribution is -2.35. The molecule has 1 unspecified atom stereocenters. The summed E-state index contributed by atoms with van der Waals surface area (Å²) in [6.07, 6.45) is 7.82. The summed E-state index contributed by atoms with van der Waals surface area (Å²) in [5, 5.41) is 7.37. The first kappa shape index (κ1) is 12.6. The molecule has 0 saturated heterocycles. The molecule has 0 spiro atoms. The van der Waals surface area contributed by atoms with Gasteiger partial charge < -0.3 is 9.84 Å². The van der Waals surface area contributed by atoms with E-state index in [-0.39, 0.29) is 0 Å². The highest BCUT2D eigenvalue weighted by molar-refractivity contribution is 4.84. The fourth-order valence-electron chi connectivity index (χ4n) is 2.65. The Balaban J connectivity index is 1.67. The molecule has 1 saturated carbocycles. The van der Waals surface area contributed by atoms with Gasteiger partial charge in [-0.2, -0.15) is 4.98 Å². The van der Waals surface area contributed by atoms with E-state index < -0.39 is 0 Å². The van der Waals surface area contributed by atoms with Gasteiger partial charge in [-0.15, -0.1) is 0 Å². The van der Waals surface area contributed by atoms with Crippen LogP contribution >= 0.6 is 0 Å². The van der Waals surface area contributed by atoms with Crippen LogP contribution in [0.3, 0.4) is 0 Å². The molecular weight excluding hydrogens is 214 g/mol. The van der Waals surface area contributed by atoms with Crippen LogP contribution in [0, 0.1) is 12.8 Å². The van der Waals surface area contributed by atoms with Crippen LogP contribution in [0.4, 0.5) is 0 Å². The quantitative estimate of drug-likeness (QED) is 0.854. The van der Waals surface area contributed by atoms with Gasteiger partial charge in [0.05, 0.1) is 0 Å². The number of aromatic nitrogens is 2. The van der Waals surface area contributed by atoms with E-state index in [0.717, 1.165) is 30.6 Å². The summed E-state index contributed by atoms with van der Waals surface area (Å²) in [5.41, 5.74) is 0. The van der Waals surface area contributed by atoms with Crippen LogP contribution in [0.15, 0.2) is 4.52 Å². The second kappa shape index (κ2) is 6.15. The van der Waals surface area contributed by atoms with Crippen LogP contribution in [0.25, 0.3) is 0 Å². The summed E-state index contributed by atoms with van der Waals surface area (Å²) in [7, 11) is 0. The molecule has 4 nitrogen and oxygen atoms in total. The number of nitrogens with zero attached hydrogens (tertiary/aromatic N) is 2. The SMILES string of the molecule is Cc1noc(CCNC(C)C2CCCCC2)n1. The Labute approximate surface area is 103 Å². The molecule has 0 aromatic carbocycles. The van der Waals surface area contributed by atoms with Crippen LogP contribution in [-0.2, 0) is 6.42 Å². The van der Waals surface area contributed by atoms with Gasteiger partial charge in [0.25, 0.3) is 0 Å². The third kappa shape index (κ3) is 3.80. The minimum Gasteiger partial charge on any atom is -0.339 e. The lowest BCUT2D eigenvalue weighted by Gasteiger charge is -2.28. The minimum atomic E-state index is 0.610. The van der Waals surface area contributed by atoms with Crippen LogP contribution < -0.4 is 5.32 Å². The van der Waals surface area contributed by atoms with Gasteiger partial charge in [0, 0.05) is 19.0 Å². The zero-order valence-corrected chi connectivity index (χ0v) is 10.9. The summed E-state index contributed by atoms with van der Waals surface area (Å²) in [6, 6.07) is 0.610. The number of hydrogen-bond acceptors (Lipinski definition) is 4. The molecule has 1 N–H and O–H groups in total. The molecular formula is C13H23N3O. The highest BCUT2D eigenvalue weighted by Gasteiger charge is 2.19. The fourth-order valence-corrected chi connectivity index (χ4v) is 2.65. The molecule has 96 valence electrons. The van der Waals surface area contributed by atoms with Crippen molar-refractivity contribution < 1.29 is 4.52 Å². The van der Waals surface area contributed by atoms with Crippen molar-refractivity contribution in [2.75, 3.05) is 6.54 Å². The molecule has 4 heteroatoms. The molecule has 1 aliphatic carbocycles. The molecule has 2 rings (SSSR count). The molecule has 1 aliphatic rings. The molecule has 1 fully saturated rings.